The van der Waals surface area contributed by atoms with E-state index < -0.39 is 12.0 Å². The van der Waals surface area contributed by atoms with Crippen molar-refractivity contribution in [1.82, 2.24) is 15.6 Å². The summed E-state index contributed by atoms with van der Waals surface area (Å²) in [5, 5.41) is 5.90. The molecule has 0 fully saturated rings. The number of hydrogen-bond acceptors (Lipinski definition) is 3. The number of hydrogen-bond donors (Lipinski definition) is 2. The molecule has 164 valence electrons. The van der Waals surface area contributed by atoms with Gasteiger partial charge >= 0.3 is 0 Å². The van der Waals surface area contributed by atoms with Crippen LogP contribution in [0.3, 0.4) is 0 Å². The maximum atomic E-state index is 13.6. The summed E-state index contributed by atoms with van der Waals surface area (Å²) in [6, 6.07) is 33.1. The Morgan fingerprint density at radius 2 is 1.15 bits per heavy atom. The minimum atomic E-state index is -0.836. The largest absolute Gasteiger partial charge is 0.348 e. The second-order valence-electron chi connectivity index (χ2n) is 7.65. The minimum absolute atomic E-state index is 0.241. The van der Waals surface area contributed by atoms with E-state index in [1.54, 1.807) is 6.20 Å². The van der Waals surface area contributed by atoms with Gasteiger partial charge < -0.3 is 10.6 Å². The Morgan fingerprint density at radius 3 is 1.67 bits per heavy atom. The Hall–Kier alpha value is -4.25. The summed E-state index contributed by atoms with van der Waals surface area (Å²) in [5.41, 5.74) is 3.18. The highest BCUT2D eigenvalue weighted by Gasteiger charge is 2.28. The third-order valence-corrected chi connectivity index (χ3v) is 5.38. The molecule has 1 aromatic heterocycles. The Labute approximate surface area is 193 Å². The van der Waals surface area contributed by atoms with Crippen molar-refractivity contribution < 1.29 is 9.59 Å². The Bertz CT molecular complexity index is 1130. The van der Waals surface area contributed by atoms with Crippen LogP contribution in [0.15, 0.2) is 115 Å². The lowest BCUT2D eigenvalue weighted by Gasteiger charge is -2.23. The number of carbonyl (C=O) groups is 2. The van der Waals surface area contributed by atoms with Crippen LogP contribution in [-0.2, 0) is 16.1 Å². The highest BCUT2D eigenvalue weighted by atomic mass is 16.2. The summed E-state index contributed by atoms with van der Waals surface area (Å²) < 4.78 is 0. The number of benzene rings is 3. The van der Waals surface area contributed by atoms with E-state index >= 15 is 0 Å². The molecule has 2 amide bonds. The smallest absolute Gasteiger partial charge is 0.247 e. The predicted octanol–water partition coefficient (Wildman–Crippen LogP) is 4.39. The molecule has 0 saturated heterocycles. The van der Waals surface area contributed by atoms with Crippen LogP contribution in [0.2, 0.25) is 0 Å². The monoisotopic (exact) mass is 435 g/mol. The van der Waals surface area contributed by atoms with Crippen LogP contribution < -0.4 is 10.6 Å². The standard InChI is InChI=1S/C28H25N3O2/c32-27(25(21-12-4-1-5-13-21)22-14-6-2-7-15-22)31-26(23-16-8-3-9-17-23)28(33)30-20-24-18-10-11-19-29-24/h1-19,25-26H,20H2,(H,30,33)(H,31,32)/t26-/m0/s1. The highest BCUT2D eigenvalue weighted by Crippen LogP contribution is 2.26. The minimum Gasteiger partial charge on any atom is -0.348 e. The summed E-state index contributed by atoms with van der Waals surface area (Å²) in [5.74, 6) is -1.07. The van der Waals surface area contributed by atoms with Crippen molar-refractivity contribution in [1.29, 1.82) is 0 Å². The molecule has 0 unspecified atom stereocenters. The number of nitrogens with one attached hydrogen (secondary N) is 2. The molecule has 0 aliphatic rings. The van der Waals surface area contributed by atoms with E-state index in [1.807, 2.05) is 109 Å². The molecule has 0 spiro atoms. The molecule has 4 rings (SSSR count). The van der Waals surface area contributed by atoms with Gasteiger partial charge in [0.05, 0.1) is 18.2 Å². The van der Waals surface area contributed by atoms with Crippen LogP contribution in [-0.4, -0.2) is 16.8 Å². The van der Waals surface area contributed by atoms with Gasteiger partial charge in [0.25, 0.3) is 0 Å². The zero-order valence-corrected chi connectivity index (χ0v) is 18.1. The fourth-order valence-corrected chi connectivity index (χ4v) is 3.74. The normalized spacial score (nSPS) is 11.5. The molecule has 0 bridgehead atoms. The molecular formula is C28H25N3O2. The number of carbonyl (C=O) groups excluding carboxylic acids is 2. The van der Waals surface area contributed by atoms with Gasteiger partial charge in [-0.25, -0.2) is 0 Å². The maximum Gasteiger partial charge on any atom is 0.247 e. The number of rotatable bonds is 8. The molecule has 33 heavy (non-hydrogen) atoms. The van der Waals surface area contributed by atoms with Crippen molar-refractivity contribution in [3.8, 4) is 0 Å². The lowest BCUT2D eigenvalue weighted by molar-refractivity contribution is -0.129. The van der Waals surface area contributed by atoms with Crippen molar-refractivity contribution >= 4 is 11.8 Å². The lowest BCUT2D eigenvalue weighted by Crippen LogP contribution is -2.42. The van der Waals surface area contributed by atoms with Crippen LogP contribution >= 0.6 is 0 Å². The first kappa shape index (κ1) is 22.0. The van der Waals surface area contributed by atoms with Gasteiger partial charge in [0.15, 0.2) is 0 Å². The summed E-state index contributed by atoms with van der Waals surface area (Å²) in [6.45, 7) is 0.277. The average molecular weight is 436 g/mol. The van der Waals surface area contributed by atoms with Crippen molar-refractivity contribution in [3.05, 3.63) is 138 Å². The van der Waals surface area contributed by atoms with E-state index in [9.17, 15) is 9.59 Å². The molecule has 5 nitrogen and oxygen atoms in total. The van der Waals surface area contributed by atoms with Gasteiger partial charge in [-0.2, -0.15) is 0 Å². The number of nitrogens with zero attached hydrogens (tertiary/aromatic N) is 1. The molecule has 1 heterocycles. The molecule has 0 aliphatic heterocycles. The molecule has 4 aromatic rings. The van der Waals surface area contributed by atoms with E-state index in [4.69, 9.17) is 0 Å². The number of aromatic nitrogens is 1. The van der Waals surface area contributed by atoms with Crippen molar-refractivity contribution in [2.75, 3.05) is 0 Å². The first-order valence-electron chi connectivity index (χ1n) is 10.8. The maximum absolute atomic E-state index is 13.6. The molecule has 3 aromatic carbocycles. The van der Waals surface area contributed by atoms with Crippen LogP contribution in [0.25, 0.3) is 0 Å². The van der Waals surface area contributed by atoms with Crippen LogP contribution in [0.5, 0.6) is 0 Å². The Kier molecular flexibility index (Phi) is 7.23. The second-order valence-corrected chi connectivity index (χ2v) is 7.65. The third-order valence-electron chi connectivity index (χ3n) is 5.38. The fourth-order valence-electron chi connectivity index (χ4n) is 3.74. The predicted molar refractivity (Wildman–Crippen MR) is 128 cm³/mol. The van der Waals surface area contributed by atoms with E-state index in [0.29, 0.717) is 5.56 Å². The highest BCUT2D eigenvalue weighted by molar-refractivity contribution is 5.93. The SMILES string of the molecule is O=C(N[C@H](C(=O)NCc1ccccn1)c1ccccc1)C(c1ccccc1)c1ccccc1. The van der Waals surface area contributed by atoms with Gasteiger partial charge in [-0.3, -0.25) is 14.6 Å². The van der Waals surface area contributed by atoms with Gasteiger partial charge in [-0.05, 0) is 28.8 Å². The van der Waals surface area contributed by atoms with Gasteiger partial charge in [-0.1, -0.05) is 97.1 Å². The Balaban J connectivity index is 1.60. The summed E-state index contributed by atoms with van der Waals surface area (Å²) in [6.07, 6.45) is 1.68. The van der Waals surface area contributed by atoms with E-state index in [-0.39, 0.29) is 18.4 Å². The summed E-state index contributed by atoms with van der Waals surface area (Å²) in [4.78, 5) is 31.0. The summed E-state index contributed by atoms with van der Waals surface area (Å²) >= 11 is 0. The molecule has 1 atom stereocenters. The Morgan fingerprint density at radius 1 is 0.636 bits per heavy atom. The average Bonchev–Trinajstić information content (AvgIpc) is 2.88. The van der Waals surface area contributed by atoms with Crippen LogP contribution in [0, 0.1) is 0 Å². The van der Waals surface area contributed by atoms with E-state index in [0.717, 1.165) is 16.8 Å². The molecule has 0 aliphatic carbocycles. The first-order valence-corrected chi connectivity index (χ1v) is 10.8. The third kappa shape index (κ3) is 5.71. The van der Waals surface area contributed by atoms with Crippen LogP contribution in [0.1, 0.15) is 34.3 Å². The van der Waals surface area contributed by atoms with Crippen molar-refractivity contribution in [3.63, 3.8) is 0 Å². The molecule has 2 N–H and O–H groups in total. The molecule has 0 radical (unpaired) electrons. The zero-order valence-electron chi connectivity index (χ0n) is 18.1. The zero-order chi connectivity index (χ0) is 22.9. The number of pyridine rings is 1. The number of amides is 2. The van der Waals surface area contributed by atoms with Crippen molar-refractivity contribution in [2.45, 2.75) is 18.5 Å². The van der Waals surface area contributed by atoms with Gasteiger partial charge in [0.1, 0.15) is 6.04 Å². The molecule has 0 saturated carbocycles. The molecular weight excluding hydrogens is 410 g/mol. The summed E-state index contributed by atoms with van der Waals surface area (Å²) in [7, 11) is 0. The van der Waals surface area contributed by atoms with Gasteiger partial charge in [0.2, 0.25) is 11.8 Å². The van der Waals surface area contributed by atoms with Crippen LogP contribution in [0.4, 0.5) is 0 Å². The topological polar surface area (TPSA) is 71.1 Å². The first-order chi connectivity index (χ1) is 16.2. The van der Waals surface area contributed by atoms with Gasteiger partial charge in [-0.15, -0.1) is 0 Å². The lowest BCUT2D eigenvalue weighted by atomic mass is 9.90. The van der Waals surface area contributed by atoms with Crippen molar-refractivity contribution in [2.24, 2.45) is 0 Å². The van der Waals surface area contributed by atoms with E-state index in [2.05, 4.69) is 15.6 Å². The fraction of sp³-hybridized carbons (Fsp3) is 0.107. The molecule has 5 heteroatoms. The second kappa shape index (κ2) is 10.9. The van der Waals surface area contributed by atoms with Gasteiger partial charge in [0, 0.05) is 6.20 Å². The van der Waals surface area contributed by atoms with E-state index in [1.165, 1.54) is 0 Å². The quantitative estimate of drug-likeness (QED) is 0.431.